The van der Waals surface area contributed by atoms with Crippen molar-refractivity contribution >= 4 is 11.8 Å². The van der Waals surface area contributed by atoms with Gasteiger partial charge in [0.15, 0.2) is 5.78 Å². The van der Waals surface area contributed by atoms with Gasteiger partial charge in [-0.05, 0) is 30.7 Å². The molecule has 0 saturated carbocycles. The number of esters is 1. The molecule has 1 aromatic carbocycles. The Labute approximate surface area is 131 Å². The molecular weight excluding hydrogens is 280 g/mol. The highest BCUT2D eigenvalue weighted by Gasteiger charge is 2.42. The smallest absolute Gasteiger partial charge is 0.338 e. The van der Waals surface area contributed by atoms with Crippen molar-refractivity contribution in [2.45, 2.75) is 39.4 Å². The molecule has 2 unspecified atom stereocenters. The van der Waals surface area contributed by atoms with Crippen molar-refractivity contribution in [3.63, 3.8) is 0 Å². The maximum absolute atomic E-state index is 12.4. The summed E-state index contributed by atoms with van der Waals surface area (Å²) >= 11 is 0. The Morgan fingerprint density at radius 2 is 1.86 bits per heavy atom. The van der Waals surface area contributed by atoms with E-state index in [9.17, 15) is 9.59 Å². The van der Waals surface area contributed by atoms with Crippen molar-refractivity contribution in [2.75, 3.05) is 7.11 Å². The topological polar surface area (TPSA) is 52.6 Å². The van der Waals surface area contributed by atoms with Crippen molar-refractivity contribution in [2.24, 2.45) is 5.41 Å². The summed E-state index contributed by atoms with van der Waals surface area (Å²) in [4.78, 5) is 24.5. The normalized spacial score (nSPS) is 24.4. The van der Waals surface area contributed by atoms with E-state index in [1.807, 2.05) is 19.9 Å². The molecule has 118 valence electrons. The number of ketones is 1. The number of ether oxygens (including phenoxy) is 2. The van der Waals surface area contributed by atoms with Crippen molar-refractivity contribution in [3.05, 3.63) is 47.5 Å². The molecule has 22 heavy (non-hydrogen) atoms. The summed E-state index contributed by atoms with van der Waals surface area (Å²) in [5, 5.41) is 0. The van der Waals surface area contributed by atoms with Crippen LogP contribution in [0.4, 0.5) is 0 Å². The Kier molecular flexibility index (Phi) is 4.81. The lowest BCUT2D eigenvalue weighted by Gasteiger charge is -2.35. The largest absolute Gasteiger partial charge is 0.455 e. The van der Waals surface area contributed by atoms with E-state index in [0.29, 0.717) is 17.6 Å². The Hall–Kier alpha value is -1.94. The van der Waals surface area contributed by atoms with Gasteiger partial charge in [-0.3, -0.25) is 4.79 Å². The fourth-order valence-electron chi connectivity index (χ4n) is 2.70. The van der Waals surface area contributed by atoms with E-state index >= 15 is 0 Å². The lowest BCUT2D eigenvalue weighted by atomic mass is 9.80. The zero-order valence-electron chi connectivity index (χ0n) is 13.5. The Balaban J connectivity index is 2.29. The lowest BCUT2D eigenvalue weighted by Crippen LogP contribution is -2.43. The average Bonchev–Trinajstić information content (AvgIpc) is 2.57. The third kappa shape index (κ3) is 3.45. The third-order valence-electron chi connectivity index (χ3n) is 4.05. The predicted octanol–water partition coefficient (Wildman–Crippen LogP) is 3.17. The monoisotopic (exact) mass is 302 g/mol. The predicted molar refractivity (Wildman–Crippen MR) is 83.6 cm³/mol. The van der Waals surface area contributed by atoms with Gasteiger partial charge >= 0.3 is 5.97 Å². The van der Waals surface area contributed by atoms with Crippen molar-refractivity contribution in [3.8, 4) is 0 Å². The van der Waals surface area contributed by atoms with Crippen LogP contribution in [0.25, 0.3) is 0 Å². The van der Waals surface area contributed by atoms with Gasteiger partial charge in [-0.1, -0.05) is 32.0 Å². The lowest BCUT2D eigenvalue weighted by molar-refractivity contribution is -0.120. The molecule has 0 N–H and O–H groups in total. The molecule has 0 heterocycles. The second-order valence-corrected chi connectivity index (χ2v) is 6.33. The molecule has 1 aliphatic rings. The highest BCUT2D eigenvalue weighted by molar-refractivity contribution is 5.96. The molecule has 0 spiro atoms. The molecule has 1 aromatic rings. The molecule has 0 aromatic heterocycles. The number of hydrogen-bond acceptors (Lipinski definition) is 4. The number of rotatable bonds is 3. The van der Waals surface area contributed by atoms with Crippen LogP contribution in [0.15, 0.2) is 42.0 Å². The summed E-state index contributed by atoms with van der Waals surface area (Å²) in [6.45, 7) is 5.62. The molecule has 0 saturated heterocycles. The molecule has 4 heteroatoms. The van der Waals surface area contributed by atoms with Gasteiger partial charge in [0.1, 0.15) is 12.2 Å². The quantitative estimate of drug-likeness (QED) is 0.805. The summed E-state index contributed by atoms with van der Waals surface area (Å²) in [6, 6.07) is 8.84. The molecule has 0 radical (unpaired) electrons. The second kappa shape index (κ2) is 6.44. The number of carbonyl (C=O) groups excluding carboxylic acids is 2. The zero-order valence-corrected chi connectivity index (χ0v) is 13.5. The summed E-state index contributed by atoms with van der Waals surface area (Å²) in [5.41, 5.74) is 0.638. The van der Waals surface area contributed by atoms with Crippen LogP contribution in [-0.4, -0.2) is 31.1 Å². The van der Waals surface area contributed by atoms with Crippen molar-refractivity contribution < 1.29 is 19.1 Å². The Morgan fingerprint density at radius 3 is 2.45 bits per heavy atom. The van der Waals surface area contributed by atoms with Gasteiger partial charge < -0.3 is 9.47 Å². The molecular formula is C18H22O4. The molecule has 0 bridgehead atoms. The van der Waals surface area contributed by atoms with E-state index in [2.05, 4.69) is 0 Å². The van der Waals surface area contributed by atoms with E-state index < -0.39 is 23.6 Å². The zero-order chi connectivity index (χ0) is 16.3. The third-order valence-corrected chi connectivity index (χ3v) is 4.05. The highest BCUT2D eigenvalue weighted by atomic mass is 16.6. The minimum absolute atomic E-state index is 0.0605. The van der Waals surface area contributed by atoms with Gasteiger partial charge in [0, 0.05) is 18.9 Å². The van der Waals surface area contributed by atoms with Gasteiger partial charge in [-0.25, -0.2) is 4.79 Å². The fraction of sp³-hybridized carbons (Fsp3) is 0.444. The van der Waals surface area contributed by atoms with E-state index in [-0.39, 0.29) is 5.78 Å². The fourth-order valence-corrected chi connectivity index (χ4v) is 2.70. The van der Waals surface area contributed by atoms with Crippen LogP contribution in [0, 0.1) is 5.41 Å². The molecule has 0 fully saturated rings. The van der Waals surface area contributed by atoms with Crippen LogP contribution in [0.1, 0.15) is 37.6 Å². The second-order valence-electron chi connectivity index (χ2n) is 6.33. The SMILES string of the molecule is COC1C=C(C)C(=O)CC(C)(C)C1OC(=O)c1ccccc1. The molecule has 4 nitrogen and oxygen atoms in total. The Morgan fingerprint density at radius 1 is 1.23 bits per heavy atom. The molecule has 0 amide bonds. The first-order chi connectivity index (χ1) is 10.3. The minimum atomic E-state index is -0.522. The summed E-state index contributed by atoms with van der Waals surface area (Å²) in [6.07, 6.45) is 1.11. The van der Waals surface area contributed by atoms with E-state index in [1.54, 1.807) is 44.4 Å². The van der Waals surface area contributed by atoms with Crippen molar-refractivity contribution in [1.29, 1.82) is 0 Å². The van der Waals surface area contributed by atoms with Gasteiger partial charge in [0.05, 0.1) is 5.56 Å². The number of allylic oxidation sites excluding steroid dienone is 1. The first kappa shape index (κ1) is 16.4. The van der Waals surface area contributed by atoms with Gasteiger partial charge in [-0.2, -0.15) is 0 Å². The van der Waals surface area contributed by atoms with Crippen LogP contribution in [0.5, 0.6) is 0 Å². The van der Waals surface area contributed by atoms with Crippen LogP contribution >= 0.6 is 0 Å². The number of carbonyl (C=O) groups is 2. The minimum Gasteiger partial charge on any atom is -0.455 e. The molecule has 1 aliphatic carbocycles. The maximum Gasteiger partial charge on any atom is 0.338 e. The van der Waals surface area contributed by atoms with Crippen LogP contribution < -0.4 is 0 Å². The van der Waals surface area contributed by atoms with Crippen LogP contribution in [0.3, 0.4) is 0 Å². The summed E-state index contributed by atoms with van der Waals surface area (Å²) < 4.78 is 11.2. The van der Waals surface area contributed by atoms with Crippen molar-refractivity contribution in [1.82, 2.24) is 0 Å². The number of hydrogen-bond donors (Lipinski definition) is 0. The van der Waals surface area contributed by atoms with Gasteiger partial charge in [0.25, 0.3) is 0 Å². The molecule has 2 rings (SSSR count). The van der Waals surface area contributed by atoms with Crippen LogP contribution in [0.2, 0.25) is 0 Å². The molecule has 0 aliphatic heterocycles. The van der Waals surface area contributed by atoms with Crippen LogP contribution in [-0.2, 0) is 14.3 Å². The first-order valence-electron chi connectivity index (χ1n) is 7.35. The maximum atomic E-state index is 12.4. The number of Topliss-reactive ketones (excluding diaryl/α,β-unsaturated/α-hetero) is 1. The van der Waals surface area contributed by atoms with E-state index in [0.717, 1.165) is 0 Å². The van der Waals surface area contributed by atoms with E-state index in [1.165, 1.54) is 0 Å². The van der Waals surface area contributed by atoms with Gasteiger partial charge in [0.2, 0.25) is 0 Å². The molecule has 2 atom stereocenters. The van der Waals surface area contributed by atoms with Gasteiger partial charge in [-0.15, -0.1) is 0 Å². The standard InChI is InChI=1S/C18H22O4/c1-12-10-15(21-4)16(18(2,3)11-14(12)19)22-17(20)13-8-6-5-7-9-13/h5-10,15-16H,11H2,1-4H3. The number of benzene rings is 1. The highest BCUT2D eigenvalue weighted by Crippen LogP contribution is 2.36. The first-order valence-corrected chi connectivity index (χ1v) is 7.35. The summed E-state index contributed by atoms with van der Waals surface area (Å²) in [5.74, 6) is -0.341. The average molecular weight is 302 g/mol. The van der Waals surface area contributed by atoms with E-state index in [4.69, 9.17) is 9.47 Å². The Bertz CT molecular complexity index is 586. The summed E-state index contributed by atoms with van der Waals surface area (Å²) in [7, 11) is 1.56. The number of methoxy groups -OCH3 is 1.